The van der Waals surface area contributed by atoms with Gasteiger partial charge >= 0.3 is 0 Å². The molecule has 3 N–H and O–H groups in total. The van der Waals surface area contributed by atoms with Crippen LogP contribution < -0.4 is 16.0 Å². The minimum Gasteiger partial charge on any atom is -0.357 e. The van der Waals surface area contributed by atoms with Crippen LogP contribution in [0.25, 0.3) is 0 Å². The standard InChI is InChI=1S/C23H28N4O.HI/c1-2-24-22(26-16-23(12-13-23)18-8-4-3-5-9-18)25-15-17-14-21(28)27-20-11-7-6-10-19(17)20;/h3-11,17H,2,12-16H2,1H3,(H,27,28)(H2,24,25,26);1H. The Morgan fingerprint density at radius 1 is 1.10 bits per heavy atom. The molecule has 1 unspecified atom stereocenters. The van der Waals surface area contributed by atoms with Crippen molar-refractivity contribution in [1.29, 1.82) is 0 Å². The number of para-hydroxylation sites is 1. The minimum atomic E-state index is 0. The molecule has 5 nitrogen and oxygen atoms in total. The van der Waals surface area contributed by atoms with Crippen LogP contribution in [0.15, 0.2) is 59.6 Å². The van der Waals surface area contributed by atoms with Crippen LogP contribution in [-0.2, 0) is 10.2 Å². The van der Waals surface area contributed by atoms with E-state index in [1.54, 1.807) is 0 Å². The Hall–Kier alpha value is -2.09. The first-order valence-corrected chi connectivity index (χ1v) is 10.2. The highest BCUT2D eigenvalue weighted by molar-refractivity contribution is 14.0. The second kappa shape index (κ2) is 9.61. The highest BCUT2D eigenvalue weighted by atomic mass is 127. The molecule has 1 amide bonds. The molecule has 1 aliphatic carbocycles. The maximum Gasteiger partial charge on any atom is 0.225 e. The molecule has 0 bridgehead atoms. The number of fused-ring (bicyclic) bond motifs is 1. The number of carbonyl (C=O) groups is 1. The van der Waals surface area contributed by atoms with Gasteiger partial charge in [0.05, 0.1) is 6.54 Å². The van der Waals surface area contributed by atoms with Crippen LogP contribution in [0.5, 0.6) is 0 Å². The van der Waals surface area contributed by atoms with Gasteiger partial charge in [-0.2, -0.15) is 0 Å². The number of nitrogens with one attached hydrogen (secondary N) is 3. The molecule has 2 aromatic carbocycles. The first kappa shape index (κ1) is 21.6. The topological polar surface area (TPSA) is 65.5 Å². The Morgan fingerprint density at radius 2 is 1.83 bits per heavy atom. The summed E-state index contributed by atoms with van der Waals surface area (Å²) in [5, 5.41) is 9.77. The van der Waals surface area contributed by atoms with E-state index in [9.17, 15) is 4.79 Å². The Kier molecular flexibility index (Phi) is 7.16. The molecular formula is C23H29IN4O. The van der Waals surface area contributed by atoms with Crippen molar-refractivity contribution in [3.63, 3.8) is 0 Å². The predicted octanol–water partition coefficient (Wildman–Crippen LogP) is 4.02. The van der Waals surface area contributed by atoms with Crippen molar-refractivity contribution in [3.8, 4) is 0 Å². The smallest absolute Gasteiger partial charge is 0.225 e. The average Bonchev–Trinajstić information content (AvgIpc) is 3.51. The zero-order chi connectivity index (χ0) is 19.4. The van der Waals surface area contributed by atoms with Crippen LogP contribution in [0.4, 0.5) is 5.69 Å². The van der Waals surface area contributed by atoms with Crippen molar-refractivity contribution < 1.29 is 4.79 Å². The van der Waals surface area contributed by atoms with Crippen LogP contribution in [0.1, 0.15) is 43.2 Å². The van der Waals surface area contributed by atoms with Crippen molar-refractivity contribution >= 4 is 41.5 Å². The van der Waals surface area contributed by atoms with Crippen LogP contribution >= 0.6 is 24.0 Å². The predicted molar refractivity (Wildman–Crippen MR) is 129 cm³/mol. The molecule has 1 aliphatic heterocycles. The Bertz CT molecular complexity index is 864. The first-order valence-electron chi connectivity index (χ1n) is 10.2. The van der Waals surface area contributed by atoms with Gasteiger partial charge in [0.2, 0.25) is 5.91 Å². The molecule has 0 spiro atoms. The van der Waals surface area contributed by atoms with Crippen molar-refractivity contribution in [3.05, 3.63) is 65.7 Å². The number of rotatable bonds is 6. The van der Waals surface area contributed by atoms with Gasteiger partial charge in [-0.3, -0.25) is 9.79 Å². The quantitative estimate of drug-likeness (QED) is 0.317. The van der Waals surface area contributed by atoms with Crippen LogP contribution in [-0.4, -0.2) is 31.5 Å². The summed E-state index contributed by atoms with van der Waals surface area (Å²) in [6, 6.07) is 18.7. The molecule has 0 saturated heterocycles. The average molecular weight is 504 g/mol. The summed E-state index contributed by atoms with van der Waals surface area (Å²) in [6.07, 6.45) is 2.88. The number of carbonyl (C=O) groups excluding carboxylic acids is 1. The Balaban J connectivity index is 0.00000240. The molecule has 0 radical (unpaired) electrons. The van der Waals surface area contributed by atoms with Gasteiger partial charge in [0.15, 0.2) is 5.96 Å². The van der Waals surface area contributed by atoms with Gasteiger partial charge < -0.3 is 16.0 Å². The fourth-order valence-corrected chi connectivity index (χ4v) is 3.96. The Morgan fingerprint density at radius 3 is 2.55 bits per heavy atom. The zero-order valence-electron chi connectivity index (χ0n) is 16.8. The van der Waals surface area contributed by atoms with Gasteiger partial charge in [-0.25, -0.2) is 0 Å². The van der Waals surface area contributed by atoms with Crippen molar-refractivity contribution in [2.45, 2.75) is 37.5 Å². The second-order valence-electron chi connectivity index (χ2n) is 7.76. The summed E-state index contributed by atoms with van der Waals surface area (Å²) in [7, 11) is 0. The SMILES string of the molecule is CCNC(=NCC1(c2ccccc2)CC1)NCC1CC(=O)Nc2ccccc21.I. The molecule has 1 atom stereocenters. The van der Waals surface area contributed by atoms with E-state index in [0.717, 1.165) is 24.7 Å². The van der Waals surface area contributed by atoms with E-state index in [1.807, 2.05) is 18.2 Å². The maximum atomic E-state index is 12.0. The van der Waals surface area contributed by atoms with E-state index in [0.29, 0.717) is 13.0 Å². The fraction of sp³-hybridized carbons (Fsp3) is 0.391. The zero-order valence-corrected chi connectivity index (χ0v) is 19.1. The molecular weight excluding hydrogens is 475 g/mol. The van der Waals surface area contributed by atoms with E-state index in [-0.39, 0.29) is 41.2 Å². The lowest BCUT2D eigenvalue weighted by molar-refractivity contribution is -0.116. The molecule has 4 rings (SSSR count). The van der Waals surface area contributed by atoms with Crippen molar-refractivity contribution in [2.75, 3.05) is 25.0 Å². The molecule has 2 aliphatic rings. The number of benzene rings is 2. The molecule has 6 heteroatoms. The number of aliphatic imine (C=N–C) groups is 1. The van der Waals surface area contributed by atoms with Gasteiger partial charge in [-0.15, -0.1) is 24.0 Å². The van der Waals surface area contributed by atoms with Crippen LogP contribution in [0, 0.1) is 0 Å². The lowest BCUT2D eigenvalue weighted by Gasteiger charge is -2.26. The summed E-state index contributed by atoms with van der Waals surface area (Å²) >= 11 is 0. The van der Waals surface area contributed by atoms with E-state index >= 15 is 0 Å². The minimum absolute atomic E-state index is 0. The molecule has 1 heterocycles. The third-order valence-corrected chi connectivity index (χ3v) is 5.75. The normalized spacial score (nSPS) is 19.4. The third kappa shape index (κ3) is 5.10. The summed E-state index contributed by atoms with van der Waals surface area (Å²) in [6.45, 7) is 4.36. The summed E-state index contributed by atoms with van der Waals surface area (Å²) in [5.74, 6) is 1.06. The summed E-state index contributed by atoms with van der Waals surface area (Å²) in [4.78, 5) is 16.9. The molecule has 154 valence electrons. The summed E-state index contributed by atoms with van der Waals surface area (Å²) in [5.41, 5.74) is 3.69. The lowest BCUT2D eigenvalue weighted by atomic mass is 9.90. The van der Waals surface area contributed by atoms with Gasteiger partial charge in [-0.1, -0.05) is 48.5 Å². The van der Waals surface area contributed by atoms with Gasteiger partial charge in [0, 0.05) is 36.5 Å². The van der Waals surface area contributed by atoms with Gasteiger partial charge in [0.1, 0.15) is 0 Å². The maximum absolute atomic E-state index is 12.0. The molecule has 0 aromatic heterocycles. The largest absolute Gasteiger partial charge is 0.357 e. The van der Waals surface area contributed by atoms with E-state index < -0.39 is 0 Å². The summed E-state index contributed by atoms with van der Waals surface area (Å²) < 4.78 is 0. The van der Waals surface area contributed by atoms with E-state index in [4.69, 9.17) is 4.99 Å². The number of anilines is 1. The number of hydrogen-bond donors (Lipinski definition) is 3. The highest BCUT2D eigenvalue weighted by Crippen LogP contribution is 2.48. The fourth-order valence-electron chi connectivity index (χ4n) is 3.96. The van der Waals surface area contributed by atoms with Crippen molar-refractivity contribution in [2.24, 2.45) is 4.99 Å². The monoisotopic (exact) mass is 504 g/mol. The molecule has 1 fully saturated rings. The third-order valence-electron chi connectivity index (χ3n) is 5.75. The lowest BCUT2D eigenvalue weighted by Crippen LogP contribution is -2.41. The molecule has 2 aromatic rings. The van der Waals surface area contributed by atoms with Crippen molar-refractivity contribution in [1.82, 2.24) is 10.6 Å². The number of guanidine groups is 1. The van der Waals surface area contributed by atoms with E-state index in [1.165, 1.54) is 24.0 Å². The second-order valence-corrected chi connectivity index (χ2v) is 7.76. The molecule has 29 heavy (non-hydrogen) atoms. The Labute approximate surface area is 189 Å². The van der Waals surface area contributed by atoms with E-state index in [2.05, 4.69) is 59.3 Å². The highest BCUT2D eigenvalue weighted by Gasteiger charge is 2.44. The first-order chi connectivity index (χ1) is 13.7. The van der Waals surface area contributed by atoms with Crippen LogP contribution in [0.3, 0.4) is 0 Å². The molecule has 1 saturated carbocycles. The number of nitrogens with zero attached hydrogens (tertiary/aromatic N) is 1. The van der Waals surface area contributed by atoms with Crippen LogP contribution in [0.2, 0.25) is 0 Å². The van der Waals surface area contributed by atoms with Gasteiger partial charge in [-0.05, 0) is 37.0 Å². The van der Waals surface area contributed by atoms with Gasteiger partial charge in [0.25, 0.3) is 0 Å². The number of halogens is 1. The number of hydrogen-bond acceptors (Lipinski definition) is 2. The number of amides is 1.